The SMILES string of the molecule is CCc1cc(F)c(C2CCC(c3ccc4c(F)c(F)c(F)cc4c3)CC2)c(F)c1. The van der Waals surface area contributed by atoms with Crippen LogP contribution in [0.2, 0.25) is 0 Å². The maximum Gasteiger partial charge on any atom is 0.195 e. The summed E-state index contributed by atoms with van der Waals surface area (Å²) in [6.45, 7) is 1.86. The summed E-state index contributed by atoms with van der Waals surface area (Å²) in [6, 6.07) is 8.71. The largest absolute Gasteiger partial charge is 0.207 e. The molecule has 1 fully saturated rings. The number of benzene rings is 3. The lowest BCUT2D eigenvalue weighted by molar-refractivity contribution is 0.376. The Labute approximate surface area is 166 Å². The first-order chi connectivity index (χ1) is 13.9. The standard InChI is InChI=1S/C24H21F5/c1-2-13-9-19(25)22(20(26)10-13)15-5-3-14(4-6-15)16-7-8-18-17(11-16)12-21(27)24(29)23(18)28/h7-12,14-15H,2-6H2,1H3. The van der Waals surface area contributed by atoms with Crippen LogP contribution in [-0.4, -0.2) is 0 Å². The van der Waals surface area contributed by atoms with Gasteiger partial charge in [-0.1, -0.05) is 25.1 Å². The summed E-state index contributed by atoms with van der Waals surface area (Å²) < 4.78 is 69.8. The lowest BCUT2D eigenvalue weighted by Gasteiger charge is -2.30. The van der Waals surface area contributed by atoms with Crippen molar-refractivity contribution in [2.24, 2.45) is 0 Å². The molecule has 4 rings (SSSR count). The van der Waals surface area contributed by atoms with E-state index in [0.29, 0.717) is 30.2 Å². The van der Waals surface area contributed by atoms with E-state index in [2.05, 4.69) is 0 Å². The fraction of sp³-hybridized carbons (Fsp3) is 0.333. The molecule has 3 aromatic rings. The Hall–Kier alpha value is -2.43. The number of hydrogen-bond acceptors (Lipinski definition) is 0. The molecule has 0 saturated heterocycles. The number of hydrogen-bond donors (Lipinski definition) is 0. The fourth-order valence-corrected chi connectivity index (χ4v) is 4.52. The van der Waals surface area contributed by atoms with Gasteiger partial charge in [0.1, 0.15) is 11.6 Å². The summed E-state index contributed by atoms with van der Waals surface area (Å²) in [4.78, 5) is 0. The first kappa shape index (κ1) is 19.9. The van der Waals surface area contributed by atoms with Gasteiger partial charge in [0.2, 0.25) is 0 Å². The predicted octanol–water partition coefficient (Wildman–Crippen LogP) is 7.54. The van der Waals surface area contributed by atoms with Crippen LogP contribution in [0.3, 0.4) is 0 Å². The van der Waals surface area contributed by atoms with Gasteiger partial charge in [0.15, 0.2) is 17.5 Å². The van der Waals surface area contributed by atoms with Crippen molar-refractivity contribution in [3.63, 3.8) is 0 Å². The Morgan fingerprint density at radius 1 is 0.724 bits per heavy atom. The van der Waals surface area contributed by atoms with Gasteiger partial charge in [-0.05, 0) is 78.7 Å². The average Bonchev–Trinajstić information content (AvgIpc) is 2.71. The van der Waals surface area contributed by atoms with Crippen LogP contribution in [0.15, 0.2) is 36.4 Å². The quantitative estimate of drug-likeness (QED) is 0.312. The van der Waals surface area contributed by atoms with Gasteiger partial charge in [-0.3, -0.25) is 0 Å². The number of aryl methyl sites for hydroxylation is 1. The van der Waals surface area contributed by atoms with Crippen LogP contribution in [0.5, 0.6) is 0 Å². The molecule has 5 heteroatoms. The second-order valence-corrected chi connectivity index (χ2v) is 7.84. The molecule has 0 aliphatic heterocycles. The van der Waals surface area contributed by atoms with E-state index in [1.54, 1.807) is 12.1 Å². The maximum atomic E-state index is 14.4. The lowest BCUT2D eigenvalue weighted by atomic mass is 9.75. The van der Waals surface area contributed by atoms with E-state index < -0.39 is 29.1 Å². The molecule has 0 atom stereocenters. The van der Waals surface area contributed by atoms with Crippen LogP contribution in [0, 0.1) is 29.1 Å². The van der Waals surface area contributed by atoms with Gasteiger partial charge in [0.25, 0.3) is 0 Å². The van der Waals surface area contributed by atoms with Crippen LogP contribution in [0.4, 0.5) is 22.0 Å². The van der Waals surface area contributed by atoms with Crippen molar-refractivity contribution in [1.29, 1.82) is 0 Å². The van der Waals surface area contributed by atoms with Crippen LogP contribution >= 0.6 is 0 Å². The van der Waals surface area contributed by atoms with E-state index in [-0.39, 0.29) is 22.8 Å². The van der Waals surface area contributed by atoms with Gasteiger partial charge in [0.05, 0.1) is 0 Å². The van der Waals surface area contributed by atoms with Crippen LogP contribution in [-0.2, 0) is 6.42 Å². The molecule has 1 aliphatic carbocycles. The zero-order chi connectivity index (χ0) is 20.7. The van der Waals surface area contributed by atoms with E-state index in [4.69, 9.17) is 0 Å². The smallest absolute Gasteiger partial charge is 0.195 e. The van der Waals surface area contributed by atoms with E-state index in [0.717, 1.165) is 24.5 Å². The third-order valence-corrected chi connectivity index (χ3v) is 6.15. The predicted molar refractivity (Wildman–Crippen MR) is 104 cm³/mol. The minimum Gasteiger partial charge on any atom is -0.207 e. The first-order valence-electron chi connectivity index (χ1n) is 9.94. The van der Waals surface area contributed by atoms with Gasteiger partial charge in [-0.2, -0.15) is 0 Å². The van der Waals surface area contributed by atoms with Crippen LogP contribution in [0.1, 0.15) is 61.1 Å². The van der Waals surface area contributed by atoms with Gasteiger partial charge in [-0.15, -0.1) is 0 Å². The minimum atomic E-state index is -1.47. The van der Waals surface area contributed by atoms with E-state index in [1.807, 2.05) is 6.92 Å². The monoisotopic (exact) mass is 404 g/mol. The third kappa shape index (κ3) is 3.63. The number of halogens is 5. The summed E-state index contributed by atoms with van der Waals surface area (Å²) in [5.74, 6) is -4.87. The summed E-state index contributed by atoms with van der Waals surface area (Å²) >= 11 is 0. The molecule has 0 amide bonds. The Balaban J connectivity index is 1.55. The van der Waals surface area contributed by atoms with Crippen molar-refractivity contribution in [2.45, 2.75) is 50.9 Å². The number of fused-ring (bicyclic) bond motifs is 1. The zero-order valence-electron chi connectivity index (χ0n) is 16.0. The van der Waals surface area contributed by atoms with Gasteiger partial charge in [-0.25, -0.2) is 22.0 Å². The Morgan fingerprint density at radius 3 is 1.97 bits per heavy atom. The molecular weight excluding hydrogens is 383 g/mol. The van der Waals surface area contributed by atoms with Crippen molar-refractivity contribution >= 4 is 10.8 Å². The molecule has 29 heavy (non-hydrogen) atoms. The van der Waals surface area contributed by atoms with Crippen molar-refractivity contribution in [2.75, 3.05) is 0 Å². The summed E-state index contributed by atoms with van der Waals surface area (Å²) in [5.41, 5.74) is 1.71. The molecule has 0 aromatic heterocycles. The second-order valence-electron chi connectivity index (χ2n) is 7.84. The molecule has 0 spiro atoms. The summed E-state index contributed by atoms with van der Waals surface area (Å²) in [5, 5.41) is 0.356. The minimum absolute atomic E-state index is 0.0430. The normalized spacial score (nSPS) is 19.7. The van der Waals surface area contributed by atoms with Crippen molar-refractivity contribution in [3.8, 4) is 0 Å². The highest BCUT2D eigenvalue weighted by Crippen LogP contribution is 2.42. The summed E-state index contributed by atoms with van der Waals surface area (Å²) in [7, 11) is 0. The maximum absolute atomic E-state index is 14.4. The van der Waals surface area contributed by atoms with Gasteiger partial charge >= 0.3 is 0 Å². The van der Waals surface area contributed by atoms with Gasteiger partial charge < -0.3 is 0 Å². The van der Waals surface area contributed by atoms with Crippen molar-refractivity contribution < 1.29 is 22.0 Å². The Bertz CT molecular complexity index is 1040. The molecule has 0 heterocycles. The molecule has 0 nitrogen and oxygen atoms in total. The van der Waals surface area contributed by atoms with E-state index in [1.165, 1.54) is 18.2 Å². The molecule has 1 aliphatic rings. The van der Waals surface area contributed by atoms with Gasteiger partial charge in [0, 0.05) is 10.9 Å². The lowest BCUT2D eigenvalue weighted by Crippen LogP contribution is -2.15. The Morgan fingerprint density at radius 2 is 1.34 bits per heavy atom. The highest BCUT2D eigenvalue weighted by atomic mass is 19.2. The van der Waals surface area contributed by atoms with E-state index in [9.17, 15) is 22.0 Å². The molecular formula is C24H21F5. The highest BCUT2D eigenvalue weighted by molar-refractivity contribution is 5.84. The zero-order valence-corrected chi connectivity index (χ0v) is 16.0. The Kier molecular flexibility index (Phi) is 5.32. The molecule has 0 radical (unpaired) electrons. The van der Waals surface area contributed by atoms with Crippen LogP contribution in [0.25, 0.3) is 10.8 Å². The highest BCUT2D eigenvalue weighted by Gasteiger charge is 2.28. The topological polar surface area (TPSA) is 0 Å². The number of rotatable bonds is 3. The molecule has 0 bridgehead atoms. The van der Waals surface area contributed by atoms with E-state index >= 15 is 0 Å². The van der Waals surface area contributed by atoms with Crippen LogP contribution < -0.4 is 0 Å². The molecule has 0 N–H and O–H groups in total. The molecule has 152 valence electrons. The summed E-state index contributed by atoms with van der Waals surface area (Å²) in [6.07, 6.45) is 3.28. The second kappa shape index (κ2) is 7.77. The van der Waals surface area contributed by atoms with Crippen molar-refractivity contribution in [3.05, 3.63) is 82.2 Å². The first-order valence-corrected chi connectivity index (χ1v) is 9.94. The van der Waals surface area contributed by atoms with Crippen molar-refractivity contribution in [1.82, 2.24) is 0 Å². The average molecular weight is 404 g/mol. The molecule has 3 aromatic carbocycles. The molecule has 0 unspecified atom stereocenters. The fourth-order valence-electron chi connectivity index (χ4n) is 4.52. The third-order valence-electron chi connectivity index (χ3n) is 6.15. The molecule has 1 saturated carbocycles.